The van der Waals surface area contributed by atoms with Crippen LogP contribution in [0.4, 0.5) is 0 Å². The zero-order valence-corrected chi connectivity index (χ0v) is 14.6. The van der Waals surface area contributed by atoms with Gasteiger partial charge in [0.05, 0.1) is 4.88 Å². The van der Waals surface area contributed by atoms with Gasteiger partial charge in [-0.1, -0.05) is 11.2 Å². The average Bonchev–Trinajstić information content (AvgIpc) is 3.16. The molecule has 6 nitrogen and oxygen atoms in total. The molecule has 0 aromatic carbocycles. The Bertz CT molecular complexity index is 617. The monoisotopic (exact) mass is 356 g/mol. The SMILES string of the molecule is CC1CC(NC(=O)CCc2nc(-c3cccs3)no2)CCN1.Cl. The van der Waals surface area contributed by atoms with Gasteiger partial charge in [0.15, 0.2) is 0 Å². The molecular formula is C15H21ClN4O2S. The van der Waals surface area contributed by atoms with Crippen LogP contribution in [0.1, 0.15) is 32.1 Å². The van der Waals surface area contributed by atoms with Crippen LogP contribution >= 0.6 is 23.7 Å². The molecule has 1 aliphatic heterocycles. The Hall–Kier alpha value is -1.44. The minimum absolute atomic E-state index is 0. The lowest BCUT2D eigenvalue weighted by Gasteiger charge is -2.28. The van der Waals surface area contributed by atoms with Gasteiger partial charge >= 0.3 is 0 Å². The number of aryl methyl sites for hydroxylation is 1. The van der Waals surface area contributed by atoms with E-state index in [2.05, 4.69) is 27.7 Å². The second-order valence-electron chi connectivity index (χ2n) is 5.63. The summed E-state index contributed by atoms with van der Waals surface area (Å²) in [7, 11) is 0. The highest BCUT2D eigenvalue weighted by Gasteiger charge is 2.20. The quantitative estimate of drug-likeness (QED) is 0.859. The van der Waals surface area contributed by atoms with Crippen molar-refractivity contribution in [1.82, 2.24) is 20.8 Å². The van der Waals surface area contributed by atoms with Crippen LogP contribution in [-0.2, 0) is 11.2 Å². The van der Waals surface area contributed by atoms with Gasteiger partial charge in [-0.05, 0) is 37.8 Å². The maximum atomic E-state index is 12.0. The van der Waals surface area contributed by atoms with E-state index in [1.54, 1.807) is 11.3 Å². The molecule has 1 aliphatic rings. The Morgan fingerprint density at radius 2 is 2.43 bits per heavy atom. The Morgan fingerprint density at radius 3 is 3.17 bits per heavy atom. The molecule has 1 fully saturated rings. The molecule has 1 saturated heterocycles. The van der Waals surface area contributed by atoms with E-state index in [0.29, 0.717) is 30.6 Å². The van der Waals surface area contributed by atoms with Gasteiger partial charge in [0, 0.05) is 24.9 Å². The summed E-state index contributed by atoms with van der Waals surface area (Å²) in [6.45, 7) is 3.10. The highest BCUT2D eigenvalue weighted by molar-refractivity contribution is 7.13. The Morgan fingerprint density at radius 1 is 1.57 bits per heavy atom. The lowest BCUT2D eigenvalue weighted by Crippen LogP contribution is -2.46. The molecule has 2 atom stereocenters. The highest BCUT2D eigenvalue weighted by atomic mass is 35.5. The number of nitrogens with zero attached hydrogens (tertiary/aromatic N) is 2. The minimum Gasteiger partial charge on any atom is -0.353 e. The minimum atomic E-state index is 0. The fourth-order valence-corrected chi connectivity index (χ4v) is 3.29. The molecule has 0 aliphatic carbocycles. The van der Waals surface area contributed by atoms with E-state index in [-0.39, 0.29) is 24.4 Å². The van der Waals surface area contributed by atoms with Gasteiger partial charge in [-0.2, -0.15) is 4.98 Å². The van der Waals surface area contributed by atoms with Crippen LogP contribution in [0.3, 0.4) is 0 Å². The molecule has 2 aromatic heterocycles. The van der Waals surface area contributed by atoms with Crippen molar-refractivity contribution in [3.8, 4) is 10.7 Å². The van der Waals surface area contributed by atoms with Crippen LogP contribution in [0, 0.1) is 0 Å². The van der Waals surface area contributed by atoms with Crippen LogP contribution in [-0.4, -0.2) is 34.7 Å². The lowest BCUT2D eigenvalue weighted by molar-refractivity contribution is -0.122. The molecule has 2 aromatic rings. The number of piperidine rings is 1. The Balaban J connectivity index is 0.00000192. The van der Waals surface area contributed by atoms with E-state index in [4.69, 9.17) is 4.52 Å². The number of hydrogen-bond donors (Lipinski definition) is 2. The van der Waals surface area contributed by atoms with Gasteiger partial charge in [0.25, 0.3) is 0 Å². The fourth-order valence-electron chi connectivity index (χ4n) is 2.65. The van der Waals surface area contributed by atoms with Crippen molar-refractivity contribution < 1.29 is 9.32 Å². The molecule has 1 amide bonds. The van der Waals surface area contributed by atoms with E-state index in [0.717, 1.165) is 24.3 Å². The van der Waals surface area contributed by atoms with Crippen molar-refractivity contribution in [1.29, 1.82) is 0 Å². The highest BCUT2D eigenvalue weighted by Crippen LogP contribution is 2.21. The Kier molecular flexibility index (Phi) is 6.56. The predicted octanol–water partition coefficient (Wildman–Crippen LogP) is 2.41. The van der Waals surface area contributed by atoms with E-state index in [1.165, 1.54) is 0 Å². The van der Waals surface area contributed by atoms with E-state index >= 15 is 0 Å². The van der Waals surface area contributed by atoms with Crippen LogP contribution < -0.4 is 10.6 Å². The largest absolute Gasteiger partial charge is 0.353 e. The molecule has 23 heavy (non-hydrogen) atoms. The average molecular weight is 357 g/mol. The number of rotatable bonds is 5. The molecule has 3 rings (SSSR count). The zero-order valence-electron chi connectivity index (χ0n) is 12.9. The molecular weight excluding hydrogens is 336 g/mol. The third-order valence-electron chi connectivity index (χ3n) is 3.76. The van der Waals surface area contributed by atoms with Gasteiger partial charge in [0.1, 0.15) is 0 Å². The van der Waals surface area contributed by atoms with Crippen molar-refractivity contribution in [3.05, 3.63) is 23.4 Å². The molecule has 0 saturated carbocycles. The van der Waals surface area contributed by atoms with Crippen molar-refractivity contribution in [2.75, 3.05) is 6.54 Å². The number of halogens is 1. The van der Waals surface area contributed by atoms with Crippen molar-refractivity contribution in [3.63, 3.8) is 0 Å². The second-order valence-corrected chi connectivity index (χ2v) is 6.58. The number of nitrogens with one attached hydrogen (secondary N) is 2. The van der Waals surface area contributed by atoms with Crippen molar-refractivity contribution in [2.45, 2.75) is 44.7 Å². The third-order valence-corrected chi connectivity index (χ3v) is 4.63. The summed E-state index contributed by atoms with van der Waals surface area (Å²) in [4.78, 5) is 17.3. The molecule has 2 N–H and O–H groups in total. The first-order valence-electron chi connectivity index (χ1n) is 7.60. The first-order chi connectivity index (χ1) is 10.7. The van der Waals surface area contributed by atoms with Gasteiger partial charge in [-0.15, -0.1) is 23.7 Å². The number of thiophene rings is 1. The lowest BCUT2D eigenvalue weighted by atomic mass is 10.0. The van der Waals surface area contributed by atoms with Gasteiger partial charge in [-0.3, -0.25) is 4.79 Å². The first kappa shape index (κ1) is 17.9. The maximum Gasteiger partial charge on any atom is 0.227 e. The zero-order chi connectivity index (χ0) is 15.4. The molecule has 0 radical (unpaired) electrons. The normalized spacial score (nSPS) is 20.7. The van der Waals surface area contributed by atoms with E-state index in [1.807, 2.05) is 17.5 Å². The molecule has 8 heteroatoms. The second kappa shape index (κ2) is 8.42. The molecule has 0 spiro atoms. The number of aromatic nitrogens is 2. The molecule has 0 bridgehead atoms. The van der Waals surface area contributed by atoms with Gasteiger partial charge in [0.2, 0.25) is 17.6 Å². The summed E-state index contributed by atoms with van der Waals surface area (Å²) in [5.74, 6) is 1.16. The topological polar surface area (TPSA) is 80.1 Å². The third kappa shape index (κ3) is 5.02. The summed E-state index contributed by atoms with van der Waals surface area (Å²) in [5.41, 5.74) is 0. The van der Waals surface area contributed by atoms with E-state index in [9.17, 15) is 4.79 Å². The molecule has 3 heterocycles. The first-order valence-corrected chi connectivity index (χ1v) is 8.48. The van der Waals surface area contributed by atoms with Crippen LogP contribution in [0.25, 0.3) is 10.7 Å². The van der Waals surface area contributed by atoms with Crippen molar-refractivity contribution >= 4 is 29.7 Å². The van der Waals surface area contributed by atoms with Crippen LogP contribution in [0.2, 0.25) is 0 Å². The van der Waals surface area contributed by atoms with Crippen molar-refractivity contribution in [2.24, 2.45) is 0 Å². The molecule has 126 valence electrons. The van der Waals surface area contributed by atoms with Gasteiger partial charge in [-0.25, -0.2) is 0 Å². The number of carbonyl (C=O) groups is 1. The molecule has 2 unspecified atom stereocenters. The fraction of sp³-hybridized carbons (Fsp3) is 0.533. The smallest absolute Gasteiger partial charge is 0.227 e. The predicted molar refractivity (Wildman–Crippen MR) is 91.8 cm³/mol. The van der Waals surface area contributed by atoms with Crippen LogP contribution in [0.15, 0.2) is 22.0 Å². The summed E-state index contributed by atoms with van der Waals surface area (Å²) in [6, 6.07) is 4.63. The summed E-state index contributed by atoms with van der Waals surface area (Å²) in [5, 5.41) is 12.4. The van der Waals surface area contributed by atoms with Crippen LogP contribution in [0.5, 0.6) is 0 Å². The summed E-state index contributed by atoms with van der Waals surface area (Å²) >= 11 is 1.57. The summed E-state index contributed by atoms with van der Waals surface area (Å²) < 4.78 is 5.20. The number of carbonyl (C=O) groups excluding carboxylic acids is 1. The summed E-state index contributed by atoms with van der Waals surface area (Å²) in [6.07, 6.45) is 2.82. The van der Waals surface area contributed by atoms with E-state index < -0.39 is 0 Å². The standard InChI is InChI=1S/C15H20N4O2S.ClH/c1-10-9-11(6-7-16-10)17-13(20)4-5-14-18-15(19-21-14)12-3-2-8-22-12;/h2-3,8,10-11,16H,4-7,9H2,1H3,(H,17,20);1H. The maximum absolute atomic E-state index is 12.0. The number of hydrogen-bond acceptors (Lipinski definition) is 6. The van der Waals surface area contributed by atoms with Gasteiger partial charge < -0.3 is 15.2 Å². The number of amides is 1. The Labute approximate surface area is 145 Å².